The van der Waals surface area contributed by atoms with Crippen molar-refractivity contribution in [1.29, 1.82) is 0 Å². The van der Waals surface area contributed by atoms with Gasteiger partial charge in [-0.3, -0.25) is 14.6 Å². The number of amides is 2. The first-order chi connectivity index (χ1) is 16.3. The zero-order valence-corrected chi connectivity index (χ0v) is 20.9. The molecule has 186 valence electrons. The van der Waals surface area contributed by atoms with Crippen LogP contribution in [0.2, 0.25) is 0 Å². The molecular formula is C27H40N4O3. The van der Waals surface area contributed by atoms with Gasteiger partial charge in [0.15, 0.2) is 0 Å². The van der Waals surface area contributed by atoms with E-state index >= 15 is 0 Å². The Hall–Kier alpha value is -2.77. The van der Waals surface area contributed by atoms with Gasteiger partial charge in [0.1, 0.15) is 6.04 Å². The summed E-state index contributed by atoms with van der Waals surface area (Å²) in [4.78, 5) is 29.9. The molecule has 1 aromatic carbocycles. The van der Waals surface area contributed by atoms with Crippen molar-refractivity contribution in [2.75, 3.05) is 6.61 Å². The molecule has 1 aromatic heterocycles. The number of aromatic nitrogens is 1. The van der Waals surface area contributed by atoms with Gasteiger partial charge >= 0.3 is 0 Å². The number of nitrogens with one attached hydrogen (secondary N) is 2. The Morgan fingerprint density at radius 3 is 2.21 bits per heavy atom. The number of carbonyl (C=O) groups excluding carboxylic acids is 2. The van der Waals surface area contributed by atoms with Crippen molar-refractivity contribution in [3.63, 3.8) is 0 Å². The summed E-state index contributed by atoms with van der Waals surface area (Å²) < 4.78 is 5.74. The fourth-order valence-electron chi connectivity index (χ4n) is 3.74. The molecule has 1 heterocycles. The highest BCUT2D eigenvalue weighted by atomic mass is 16.5. The second-order valence-corrected chi connectivity index (χ2v) is 9.49. The zero-order valence-electron chi connectivity index (χ0n) is 20.9. The summed E-state index contributed by atoms with van der Waals surface area (Å²) in [6, 6.07) is 12.9. The highest BCUT2D eigenvalue weighted by molar-refractivity contribution is 5.88. The highest BCUT2D eigenvalue weighted by Gasteiger charge is 2.29. The molecule has 0 aliphatic rings. The average Bonchev–Trinajstić information content (AvgIpc) is 2.82. The summed E-state index contributed by atoms with van der Waals surface area (Å²) >= 11 is 0. The number of nitrogens with two attached hydrogens (primary N) is 1. The molecule has 2 unspecified atom stereocenters. The van der Waals surface area contributed by atoms with Crippen LogP contribution in [0.25, 0.3) is 0 Å². The number of pyridine rings is 1. The van der Waals surface area contributed by atoms with Gasteiger partial charge in [0.05, 0.1) is 13.2 Å². The molecule has 0 radical (unpaired) electrons. The Labute approximate surface area is 203 Å². The van der Waals surface area contributed by atoms with E-state index in [4.69, 9.17) is 10.5 Å². The Bertz CT molecular complexity index is 859. The highest BCUT2D eigenvalue weighted by Crippen LogP contribution is 2.19. The van der Waals surface area contributed by atoms with E-state index in [1.54, 1.807) is 12.4 Å². The molecule has 0 fully saturated rings. The van der Waals surface area contributed by atoms with Crippen LogP contribution in [0.4, 0.5) is 0 Å². The first-order valence-electron chi connectivity index (χ1n) is 12.1. The van der Waals surface area contributed by atoms with E-state index in [1.807, 2.05) is 70.2 Å². The molecule has 7 heteroatoms. The molecule has 2 rings (SSSR count). The molecule has 2 aromatic rings. The summed E-state index contributed by atoms with van der Waals surface area (Å²) in [6.45, 7) is 9.26. The predicted molar refractivity (Wildman–Crippen MR) is 134 cm³/mol. The van der Waals surface area contributed by atoms with E-state index in [0.717, 1.165) is 11.1 Å². The molecule has 4 N–H and O–H groups in total. The fraction of sp³-hybridized carbons (Fsp3) is 0.519. The number of rotatable bonds is 14. The van der Waals surface area contributed by atoms with Crippen molar-refractivity contribution in [2.24, 2.45) is 23.5 Å². The van der Waals surface area contributed by atoms with Gasteiger partial charge in [0, 0.05) is 30.9 Å². The van der Waals surface area contributed by atoms with E-state index in [0.29, 0.717) is 32.6 Å². The van der Waals surface area contributed by atoms with Gasteiger partial charge in [-0.2, -0.15) is 0 Å². The molecule has 0 saturated heterocycles. The summed E-state index contributed by atoms with van der Waals surface area (Å²) in [7, 11) is 0. The summed E-state index contributed by atoms with van der Waals surface area (Å²) in [5, 5.41) is 5.91. The van der Waals surface area contributed by atoms with Gasteiger partial charge in [0.2, 0.25) is 11.8 Å². The van der Waals surface area contributed by atoms with Crippen LogP contribution in [0.15, 0.2) is 54.9 Å². The molecule has 3 atom stereocenters. The van der Waals surface area contributed by atoms with Crippen molar-refractivity contribution >= 4 is 11.8 Å². The number of hydrogen-bond donors (Lipinski definition) is 3. The minimum absolute atomic E-state index is 0.0390. The van der Waals surface area contributed by atoms with Gasteiger partial charge in [-0.25, -0.2) is 0 Å². The third-order valence-corrected chi connectivity index (χ3v) is 5.90. The van der Waals surface area contributed by atoms with Crippen LogP contribution in [0.1, 0.15) is 51.7 Å². The van der Waals surface area contributed by atoms with Gasteiger partial charge in [-0.05, 0) is 47.9 Å². The van der Waals surface area contributed by atoms with Gasteiger partial charge in [-0.1, -0.05) is 58.0 Å². The van der Waals surface area contributed by atoms with Crippen LogP contribution in [0, 0.1) is 17.8 Å². The van der Waals surface area contributed by atoms with E-state index in [2.05, 4.69) is 15.6 Å². The van der Waals surface area contributed by atoms with Gasteiger partial charge in [0.25, 0.3) is 0 Å². The lowest BCUT2D eigenvalue weighted by Crippen LogP contribution is -2.51. The largest absolute Gasteiger partial charge is 0.375 e. The molecule has 34 heavy (non-hydrogen) atoms. The number of carbonyl (C=O) groups is 2. The zero-order chi connectivity index (χ0) is 24.9. The molecule has 0 aliphatic heterocycles. The van der Waals surface area contributed by atoms with Crippen LogP contribution in [-0.2, 0) is 27.5 Å². The minimum Gasteiger partial charge on any atom is -0.375 e. The average molecular weight is 469 g/mol. The van der Waals surface area contributed by atoms with E-state index in [1.165, 1.54) is 0 Å². The summed E-state index contributed by atoms with van der Waals surface area (Å²) in [5.41, 5.74) is 8.32. The second kappa shape index (κ2) is 14.5. The first-order valence-corrected chi connectivity index (χ1v) is 12.1. The van der Waals surface area contributed by atoms with E-state index in [9.17, 15) is 9.59 Å². The second-order valence-electron chi connectivity index (χ2n) is 9.49. The van der Waals surface area contributed by atoms with Gasteiger partial charge < -0.3 is 21.1 Å². The van der Waals surface area contributed by atoms with Crippen LogP contribution in [0.3, 0.4) is 0 Å². The molecule has 0 spiro atoms. The lowest BCUT2D eigenvalue weighted by atomic mass is 9.88. The summed E-state index contributed by atoms with van der Waals surface area (Å²) in [6.07, 6.45) is 4.69. The first kappa shape index (κ1) is 27.5. The molecule has 0 bridgehead atoms. The number of nitrogens with zero attached hydrogens (tertiary/aromatic N) is 1. The summed E-state index contributed by atoms with van der Waals surface area (Å²) in [5.74, 6) is -0.429. The number of hydrogen-bond acceptors (Lipinski definition) is 5. The molecule has 7 nitrogen and oxygen atoms in total. The number of benzene rings is 1. The lowest BCUT2D eigenvalue weighted by molar-refractivity contribution is -0.133. The topological polar surface area (TPSA) is 106 Å². The molecule has 0 aliphatic carbocycles. The van der Waals surface area contributed by atoms with Crippen molar-refractivity contribution in [3.8, 4) is 0 Å². The predicted octanol–water partition coefficient (Wildman–Crippen LogP) is 3.44. The maximum Gasteiger partial charge on any atom is 0.243 e. The maximum absolute atomic E-state index is 13.1. The van der Waals surface area contributed by atoms with Crippen LogP contribution < -0.4 is 16.4 Å². The van der Waals surface area contributed by atoms with Crippen LogP contribution in [-0.4, -0.2) is 35.5 Å². The van der Waals surface area contributed by atoms with Gasteiger partial charge in [-0.15, -0.1) is 0 Å². The van der Waals surface area contributed by atoms with Crippen LogP contribution in [0.5, 0.6) is 0 Å². The number of ether oxygens (including phenoxy) is 1. The van der Waals surface area contributed by atoms with E-state index < -0.39 is 6.04 Å². The third-order valence-electron chi connectivity index (χ3n) is 5.90. The van der Waals surface area contributed by atoms with Crippen molar-refractivity contribution < 1.29 is 14.3 Å². The Morgan fingerprint density at radius 1 is 0.912 bits per heavy atom. The standard InChI is InChI=1S/C27H40N4O3/c1-19(2)24(11-10-23(28)18-34-17-22-8-6-5-7-9-22)26(32)31-25(20(3)4)27(33)30-16-21-12-14-29-15-13-21/h5-9,12-15,19-20,23-25H,10-11,16-18,28H2,1-4H3,(H,30,33)(H,31,32)/t23?,24-,25?/m0/s1. The SMILES string of the molecule is CC(C)C(NC(=O)[C@@H](CCC(N)COCc1ccccc1)C(C)C)C(=O)NCc1ccncc1. The van der Waals surface area contributed by atoms with Crippen LogP contribution >= 0.6 is 0 Å². The molecule has 2 amide bonds. The Morgan fingerprint density at radius 2 is 1.59 bits per heavy atom. The maximum atomic E-state index is 13.1. The lowest BCUT2D eigenvalue weighted by Gasteiger charge is -2.27. The molecular weight excluding hydrogens is 428 g/mol. The normalized spacial score (nSPS) is 14.0. The van der Waals surface area contributed by atoms with Crippen molar-refractivity contribution in [3.05, 3.63) is 66.0 Å². The quantitative estimate of drug-likeness (QED) is 0.394. The van der Waals surface area contributed by atoms with E-state index in [-0.39, 0.29) is 35.6 Å². The Kier molecular flexibility index (Phi) is 11.7. The van der Waals surface area contributed by atoms with Crippen molar-refractivity contribution in [2.45, 2.75) is 65.8 Å². The third kappa shape index (κ3) is 9.61. The smallest absolute Gasteiger partial charge is 0.243 e. The Balaban J connectivity index is 1.83. The molecule has 0 saturated carbocycles. The monoisotopic (exact) mass is 468 g/mol. The fourth-order valence-corrected chi connectivity index (χ4v) is 3.74. The minimum atomic E-state index is -0.599. The van der Waals surface area contributed by atoms with Crippen molar-refractivity contribution in [1.82, 2.24) is 15.6 Å².